The fourth-order valence-electron chi connectivity index (χ4n) is 18.5. The van der Waals surface area contributed by atoms with E-state index in [1.54, 1.807) is 6.92 Å². The number of carbonyl (C=O) groups excluding carboxylic acids is 2. The molecule has 8 atom stereocenters. The predicted octanol–water partition coefficient (Wildman–Crippen LogP) is 18.3. The fourth-order valence-corrected chi connectivity index (χ4v) is 18.5. The Bertz CT molecular complexity index is 2730. The monoisotopic (exact) mass is 2130 g/mol. The third-order valence-corrected chi connectivity index (χ3v) is 27.2. The number of hydrogen-bond acceptors (Lipinski definition) is 27. The highest BCUT2D eigenvalue weighted by Crippen LogP contribution is 2.30. The smallest absolute Gasteiger partial charge is 0.373 e. The zero-order valence-corrected chi connectivity index (χ0v) is 98.0. The van der Waals surface area contributed by atoms with Gasteiger partial charge in [-0.2, -0.15) is 9.59 Å². The van der Waals surface area contributed by atoms with Crippen LogP contribution in [0.2, 0.25) is 0 Å². The highest BCUT2D eigenvalue weighted by Gasteiger charge is 2.35. The van der Waals surface area contributed by atoms with Crippen molar-refractivity contribution in [3.8, 4) is 0 Å². The maximum atomic E-state index is 13.5. The molecular formula is C114H230F6N10O17. The van der Waals surface area contributed by atoms with Crippen LogP contribution < -0.4 is 0 Å². The van der Waals surface area contributed by atoms with Crippen LogP contribution in [0.4, 0.5) is 26.3 Å². The second-order valence-corrected chi connectivity index (χ2v) is 45.2. The van der Waals surface area contributed by atoms with Crippen LogP contribution in [0, 0.1) is 0 Å². The molecule has 147 heavy (non-hydrogen) atoms. The number of ether oxygens (including phenoxy) is 10. The Kier molecular flexibility index (Phi) is 90.6. The molecule has 0 aliphatic carbocycles. The van der Waals surface area contributed by atoms with Gasteiger partial charge in [0.05, 0.1) is 91.6 Å². The van der Waals surface area contributed by atoms with Crippen LogP contribution in [0.15, 0.2) is 0 Å². The summed E-state index contributed by atoms with van der Waals surface area (Å²) in [6.45, 7) is 81.7. The first-order valence-electron chi connectivity index (χ1n) is 58.5. The molecule has 10 fully saturated rings. The summed E-state index contributed by atoms with van der Waals surface area (Å²) in [6.07, 6.45) is 27.9. The standard InChI is InChI=1S/C13H27NO.C12H24FNO.C11H21F2NO.2C11H22FNO2.C11H22FNO.3C11H23NO2.C11H23NO.CO2/c1-11(2)15-10-6-9-14-12(3)7-5-8-13(14)4;1-11(2)15-10-4-7-14-8-5-12(3,13)6-9-14;1-10(2)15-9-3-6-14-7-4-11(12,13)5-8-14;2*1-9(2)15-7-3-5-13-6-4-11(14)10(12)8-13;1-10(2)14-9-3-6-13-7-4-11(12)5-8-13;1-10(2)14-9-3-6-12-7-4-11(13)5-8-12;2*1-10(2)14-8-4-7-12-6-3-5-11(13)9-12;1-11(2)13-10-6-9-12-7-4-3-5-8-12;2-1-3/h11-13H,5-10H2,1-4H3;11H,4-10H2,1-3H3;10H,3-9H2,1-2H3;2*9-11,14H,3-8H2,1-2H3;10-11H,3-9H2,1-2H3;3*10-11,13H,3-9H2,1-2H3;11H,3-10H2,1-2H3;/t12-,13+;;;10-,11+;10-,11-;;;2*11-;;/m...10..10../s1. The largest absolute Gasteiger partial charge is 0.393 e. The van der Waals surface area contributed by atoms with Crippen molar-refractivity contribution in [3.05, 3.63) is 0 Å². The summed E-state index contributed by atoms with van der Waals surface area (Å²) < 4.78 is 133. The van der Waals surface area contributed by atoms with Gasteiger partial charge in [0.1, 0.15) is 24.2 Å². The maximum absolute atomic E-state index is 13.5. The summed E-state index contributed by atoms with van der Waals surface area (Å²) in [4.78, 5) is 39.4. The van der Waals surface area contributed by atoms with Gasteiger partial charge in [0.25, 0.3) is 5.92 Å². The molecule has 0 aromatic heterocycles. The zero-order valence-electron chi connectivity index (χ0n) is 98.0. The number of piperidine rings is 10. The van der Waals surface area contributed by atoms with Gasteiger partial charge in [-0.3, -0.25) is 4.90 Å². The molecule has 5 N–H and O–H groups in total. The number of hydrogen-bond donors (Lipinski definition) is 5. The lowest BCUT2D eigenvalue weighted by Gasteiger charge is -2.39. The van der Waals surface area contributed by atoms with Crippen molar-refractivity contribution in [2.45, 2.75) is 486 Å². The first-order valence-corrected chi connectivity index (χ1v) is 58.5. The Labute approximate surface area is 894 Å². The Morgan fingerprint density at radius 1 is 0.265 bits per heavy atom. The van der Waals surface area contributed by atoms with E-state index in [1.807, 2.05) is 41.5 Å². The molecule has 27 nitrogen and oxygen atoms in total. The van der Waals surface area contributed by atoms with E-state index in [0.717, 1.165) is 299 Å². The Morgan fingerprint density at radius 3 is 0.755 bits per heavy atom. The van der Waals surface area contributed by atoms with Gasteiger partial charge in [-0.15, -0.1) is 0 Å². The van der Waals surface area contributed by atoms with Gasteiger partial charge in [0.2, 0.25) is 0 Å². The minimum atomic E-state index is -2.43. The molecule has 0 amide bonds. The van der Waals surface area contributed by atoms with E-state index in [-0.39, 0.29) is 55.6 Å². The second-order valence-electron chi connectivity index (χ2n) is 45.2. The third-order valence-electron chi connectivity index (χ3n) is 27.2. The average molecular weight is 2130 g/mol. The van der Waals surface area contributed by atoms with E-state index in [1.165, 1.54) is 77.5 Å². The average Bonchev–Trinajstić information content (AvgIpc) is 0.870. The van der Waals surface area contributed by atoms with Crippen molar-refractivity contribution in [1.82, 2.24) is 49.0 Å². The number of aliphatic hydroxyl groups excluding tert-OH is 5. The van der Waals surface area contributed by atoms with Crippen molar-refractivity contribution in [2.24, 2.45) is 0 Å². The molecule has 10 saturated heterocycles. The highest BCUT2D eigenvalue weighted by molar-refractivity contribution is 5.20. The van der Waals surface area contributed by atoms with Gasteiger partial charge < -0.3 is 117 Å². The molecule has 10 aliphatic rings. The van der Waals surface area contributed by atoms with Crippen LogP contribution in [0.25, 0.3) is 0 Å². The van der Waals surface area contributed by atoms with Gasteiger partial charge in [0.15, 0.2) is 0 Å². The van der Waals surface area contributed by atoms with Crippen molar-refractivity contribution in [1.29, 1.82) is 0 Å². The summed E-state index contributed by atoms with van der Waals surface area (Å²) in [5, 5.41) is 46.6. The first-order chi connectivity index (χ1) is 69.7. The maximum Gasteiger partial charge on any atom is 0.373 e. The van der Waals surface area contributed by atoms with E-state index < -0.39 is 42.3 Å². The summed E-state index contributed by atoms with van der Waals surface area (Å²) in [5.74, 6) is -2.43. The number of rotatable bonds is 50. The van der Waals surface area contributed by atoms with Crippen LogP contribution in [-0.4, -0.2) is 464 Å². The van der Waals surface area contributed by atoms with Crippen LogP contribution in [0.3, 0.4) is 0 Å². The van der Waals surface area contributed by atoms with Crippen molar-refractivity contribution in [2.75, 3.05) is 249 Å². The van der Waals surface area contributed by atoms with Crippen molar-refractivity contribution < 1.29 is 109 Å². The first kappa shape index (κ1) is 145. The van der Waals surface area contributed by atoms with Crippen LogP contribution in [0.1, 0.15) is 352 Å². The lowest BCUT2D eigenvalue weighted by Crippen LogP contribution is -2.44. The molecule has 880 valence electrons. The number of halogens is 6. The van der Waals surface area contributed by atoms with Gasteiger partial charge >= 0.3 is 6.15 Å². The Morgan fingerprint density at radius 2 is 0.490 bits per heavy atom. The van der Waals surface area contributed by atoms with E-state index in [2.05, 4.69) is 160 Å². The molecule has 0 radical (unpaired) electrons. The van der Waals surface area contributed by atoms with Crippen molar-refractivity contribution in [3.63, 3.8) is 0 Å². The lowest BCUT2D eigenvalue weighted by atomic mass is 9.96. The van der Waals surface area contributed by atoms with Crippen LogP contribution in [0.5, 0.6) is 0 Å². The van der Waals surface area contributed by atoms with E-state index in [0.29, 0.717) is 107 Å². The molecule has 0 saturated carbocycles. The normalized spacial score (nSPS) is 23.6. The second kappa shape index (κ2) is 91.9. The molecule has 10 rings (SSSR count). The van der Waals surface area contributed by atoms with E-state index >= 15 is 0 Å². The molecule has 10 heterocycles. The molecule has 0 aromatic rings. The summed E-state index contributed by atoms with van der Waals surface area (Å²) >= 11 is 0. The zero-order chi connectivity index (χ0) is 110. The molecular weight excluding hydrogens is 1900 g/mol. The van der Waals surface area contributed by atoms with Gasteiger partial charge in [-0.25, -0.2) is 26.3 Å². The molecule has 10 aliphatic heterocycles. The van der Waals surface area contributed by atoms with Crippen LogP contribution >= 0.6 is 0 Å². The molecule has 0 unspecified atom stereocenters. The minimum absolute atomic E-state index is 0.0119. The Balaban J connectivity index is 0.00000161. The lowest BCUT2D eigenvalue weighted by molar-refractivity contribution is -0.191. The number of likely N-dealkylation sites (tertiary alicyclic amines) is 10. The van der Waals surface area contributed by atoms with Crippen molar-refractivity contribution >= 4 is 6.15 Å². The van der Waals surface area contributed by atoms with Gasteiger partial charge in [0, 0.05) is 248 Å². The predicted molar refractivity (Wildman–Crippen MR) is 587 cm³/mol. The SMILES string of the molecule is CC(C)OCCCN1CCC(C)(F)CC1.CC(C)OCCCN1CCC(F)(F)CC1.CC(C)OCCCN1CCC(F)CC1.CC(C)OCCCN1CCC(O)CC1.CC(C)OCCCN1CCCCC1.CC(C)OCCCN1CCC[C@@H](O)C1.CC(C)OCCCN1CCC[C@H](O)C1.CC(C)OCCCN1CC[C@H](O)[C@@H](F)C1.CC(C)OCCCN1CC[C@H](O)[C@H](F)C1.CC(C)OCCCN1[C@H](C)CCC[C@@H]1C.O=C=O. The summed E-state index contributed by atoms with van der Waals surface area (Å²) in [6, 6.07) is 1.54. The number of β-amino-alcohol motifs (C(OH)–C–C–N with tert-alkyl or cyclic N) is 2. The number of aliphatic hydroxyl groups is 5. The fraction of sp³-hybridized carbons (Fsp3) is 0.991. The molecule has 0 spiro atoms. The summed E-state index contributed by atoms with van der Waals surface area (Å²) in [5.41, 5.74) is -0.926. The van der Waals surface area contributed by atoms with Gasteiger partial charge in [-0.1, -0.05) is 12.8 Å². The molecule has 33 heteroatoms. The molecule has 0 bridgehead atoms. The van der Waals surface area contributed by atoms with Gasteiger partial charge in [-0.05, 0) is 352 Å². The highest BCUT2D eigenvalue weighted by atomic mass is 19.3. The minimum Gasteiger partial charge on any atom is -0.393 e. The summed E-state index contributed by atoms with van der Waals surface area (Å²) in [7, 11) is 0. The Hall–Kier alpha value is -2.04. The number of nitrogens with zero attached hydrogens (tertiary/aromatic N) is 10. The topological polar surface area (TPSA) is 260 Å². The van der Waals surface area contributed by atoms with E-state index in [4.69, 9.17) is 57.0 Å². The third kappa shape index (κ3) is 89.6. The molecule has 0 aromatic carbocycles. The van der Waals surface area contributed by atoms with E-state index in [9.17, 15) is 51.9 Å². The van der Waals surface area contributed by atoms with Crippen LogP contribution in [-0.2, 0) is 57.0 Å². The quantitative estimate of drug-likeness (QED) is 0.0280. The number of alkyl halides is 6.